The number of benzene rings is 1. The topological polar surface area (TPSA) is 65.5 Å². The SMILES string of the molecule is CN=C(NCCCC(=O)NC1CC1)NCCc1ccccc1. The number of carbonyl (C=O) groups is 1. The summed E-state index contributed by atoms with van der Waals surface area (Å²) in [5, 5.41) is 9.52. The molecule has 0 saturated heterocycles. The lowest BCUT2D eigenvalue weighted by molar-refractivity contribution is -0.121. The molecule has 1 fully saturated rings. The van der Waals surface area contributed by atoms with Gasteiger partial charge in [0.1, 0.15) is 0 Å². The van der Waals surface area contributed by atoms with Crippen LogP contribution in [0.5, 0.6) is 0 Å². The van der Waals surface area contributed by atoms with Crippen molar-refractivity contribution in [1.29, 1.82) is 0 Å². The molecular weight excluding hydrogens is 276 g/mol. The van der Waals surface area contributed by atoms with Gasteiger partial charge < -0.3 is 16.0 Å². The molecule has 1 aromatic carbocycles. The summed E-state index contributed by atoms with van der Waals surface area (Å²) in [6, 6.07) is 10.8. The second-order valence-electron chi connectivity index (χ2n) is 5.61. The van der Waals surface area contributed by atoms with Gasteiger partial charge in [0.15, 0.2) is 5.96 Å². The largest absolute Gasteiger partial charge is 0.356 e. The molecule has 3 N–H and O–H groups in total. The molecule has 1 amide bonds. The first-order valence-electron chi connectivity index (χ1n) is 8.06. The molecule has 0 radical (unpaired) electrons. The molecule has 5 nitrogen and oxygen atoms in total. The number of rotatable bonds is 8. The van der Waals surface area contributed by atoms with E-state index in [1.807, 2.05) is 6.07 Å². The molecule has 2 rings (SSSR count). The van der Waals surface area contributed by atoms with E-state index in [2.05, 4.69) is 45.2 Å². The van der Waals surface area contributed by atoms with Gasteiger partial charge in [0.2, 0.25) is 5.91 Å². The Morgan fingerprint density at radius 1 is 1.18 bits per heavy atom. The molecule has 0 bridgehead atoms. The van der Waals surface area contributed by atoms with Crippen molar-refractivity contribution in [3.63, 3.8) is 0 Å². The van der Waals surface area contributed by atoms with Crippen LogP contribution in [0.1, 0.15) is 31.2 Å². The van der Waals surface area contributed by atoms with Crippen LogP contribution < -0.4 is 16.0 Å². The van der Waals surface area contributed by atoms with Crippen LogP contribution in [0.2, 0.25) is 0 Å². The van der Waals surface area contributed by atoms with Gasteiger partial charge in [-0.15, -0.1) is 0 Å². The van der Waals surface area contributed by atoms with Crippen LogP contribution in [0, 0.1) is 0 Å². The van der Waals surface area contributed by atoms with Gasteiger partial charge >= 0.3 is 0 Å². The number of nitrogens with zero attached hydrogens (tertiary/aromatic N) is 1. The zero-order valence-corrected chi connectivity index (χ0v) is 13.3. The second kappa shape index (κ2) is 9.07. The summed E-state index contributed by atoms with van der Waals surface area (Å²) in [6.45, 7) is 1.59. The third-order valence-electron chi connectivity index (χ3n) is 3.59. The van der Waals surface area contributed by atoms with Gasteiger partial charge in [0, 0.05) is 32.6 Å². The van der Waals surface area contributed by atoms with Crippen molar-refractivity contribution in [3.05, 3.63) is 35.9 Å². The van der Waals surface area contributed by atoms with E-state index in [1.54, 1.807) is 7.05 Å². The Labute approximate surface area is 132 Å². The van der Waals surface area contributed by atoms with E-state index in [-0.39, 0.29) is 5.91 Å². The number of carbonyl (C=O) groups excluding carboxylic acids is 1. The molecule has 0 heterocycles. The lowest BCUT2D eigenvalue weighted by atomic mass is 10.1. The zero-order valence-electron chi connectivity index (χ0n) is 13.3. The summed E-state index contributed by atoms with van der Waals surface area (Å²) in [6.07, 6.45) is 4.64. The highest BCUT2D eigenvalue weighted by Crippen LogP contribution is 2.18. The van der Waals surface area contributed by atoms with E-state index < -0.39 is 0 Å². The molecule has 1 aliphatic rings. The molecule has 1 aliphatic carbocycles. The molecule has 0 spiro atoms. The average Bonchev–Trinajstić information content (AvgIpc) is 3.34. The first-order valence-corrected chi connectivity index (χ1v) is 8.06. The van der Waals surface area contributed by atoms with Crippen molar-refractivity contribution in [2.75, 3.05) is 20.1 Å². The van der Waals surface area contributed by atoms with E-state index in [9.17, 15) is 4.79 Å². The van der Waals surface area contributed by atoms with Gasteiger partial charge in [-0.05, 0) is 31.2 Å². The Hall–Kier alpha value is -2.04. The first kappa shape index (κ1) is 16.3. The van der Waals surface area contributed by atoms with Crippen molar-refractivity contribution in [3.8, 4) is 0 Å². The minimum Gasteiger partial charge on any atom is -0.356 e. The van der Waals surface area contributed by atoms with E-state index in [4.69, 9.17) is 0 Å². The third kappa shape index (κ3) is 6.61. The monoisotopic (exact) mass is 302 g/mol. The lowest BCUT2D eigenvalue weighted by Crippen LogP contribution is -2.39. The number of nitrogens with one attached hydrogen (secondary N) is 3. The zero-order chi connectivity index (χ0) is 15.6. The highest BCUT2D eigenvalue weighted by atomic mass is 16.1. The van der Waals surface area contributed by atoms with Crippen LogP contribution >= 0.6 is 0 Å². The summed E-state index contributed by atoms with van der Waals surface area (Å²) in [4.78, 5) is 15.7. The molecule has 1 saturated carbocycles. The quantitative estimate of drug-likeness (QED) is 0.387. The van der Waals surface area contributed by atoms with Gasteiger partial charge in [0.05, 0.1) is 0 Å². The molecule has 1 aromatic rings. The normalized spacial score (nSPS) is 14.5. The number of guanidine groups is 1. The number of hydrogen-bond acceptors (Lipinski definition) is 2. The predicted molar refractivity (Wildman–Crippen MR) is 89.9 cm³/mol. The molecule has 0 aromatic heterocycles. The van der Waals surface area contributed by atoms with Gasteiger partial charge in [-0.3, -0.25) is 9.79 Å². The Balaban J connectivity index is 1.53. The molecular formula is C17H26N4O. The number of aliphatic imine (C=N–C) groups is 1. The van der Waals surface area contributed by atoms with E-state index in [0.717, 1.165) is 44.7 Å². The Morgan fingerprint density at radius 2 is 1.91 bits per heavy atom. The molecule has 22 heavy (non-hydrogen) atoms. The Morgan fingerprint density at radius 3 is 2.59 bits per heavy atom. The van der Waals surface area contributed by atoms with Gasteiger partial charge in [-0.25, -0.2) is 0 Å². The molecule has 0 atom stereocenters. The first-order chi connectivity index (χ1) is 10.8. The minimum absolute atomic E-state index is 0.163. The minimum atomic E-state index is 0.163. The average molecular weight is 302 g/mol. The highest BCUT2D eigenvalue weighted by Gasteiger charge is 2.22. The van der Waals surface area contributed by atoms with Crippen LogP contribution in [0.15, 0.2) is 35.3 Å². The fraction of sp³-hybridized carbons (Fsp3) is 0.529. The van der Waals surface area contributed by atoms with Crippen molar-refractivity contribution < 1.29 is 4.79 Å². The van der Waals surface area contributed by atoms with Crippen LogP contribution in [-0.4, -0.2) is 38.0 Å². The van der Waals surface area contributed by atoms with Crippen molar-refractivity contribution in [2.24, 2.45) is 4.99 Å². The van der Waals surface area contributed by atoms with E-state index in [0.29, 0.717) is 12.5 Å². The second-order valence-corrected chi connectivity index (χ2v) is 5.61. The molecule has 120 valence electrons. The van der Waals surface area contributed by atoms with Crippen molar-refractivity contribution in [1.82, 2.24) is 16.0 Å². The maximum Gasteiger partial charge on any atom is 0.220 e. The fourth-order valence-electron chi connectivity index (χ4n) is 2.17. The smallest absolute Gasteiger partial charge is 0.220 e. The fourth-order valence-corrected chi connectivity index (χ4v) is 2.17. The summed E-state index contributed by atoms with van der Waals surface area (Å²) in [7, 11) is 1.76. The maximum absolute atomic E-state index is 11.6. The highest BCUT2D eigenvalue weighted by molar-refractivity contribution is 5.80. The van der Waals surface area contributed by atoms with Crippen LogP contribution in [0.25, 0.3) is 0 Å². The summed E-state index contributed by atoms with van der Waals surface area (Å²) in [5.74, 6) is 0.954. The van der Waals surface area contributed by atoms with E-state index >= 15 is 0 Å². The molecule has 0 unspecified atom stereocenters. The van der Waals surface area contributed by atoms with Crippen LogP contribution in [0.4, 0.5) is 0 Å². The third-order valence-corrected chi connectivity index (χ3v) is 3.59. The van der Waals surface area contributed by atoms with E-state index in [1.165, 1.54) is 5.56 Å². The number of hydrogen-bond donors (Lipinski definition) is 3. The predicted octanol–water partition coefficient (Wildman–Crippen LogP) is 1.45. The van der Waals surface area contributed by atoms with Crippen molar-refractivity contribution >= 4 is 11.9 Å². The van der Waals surface area contributed by atoms with Gasteiger partial charge in [-0.1, -0.05) is 30.3 Å². The van der Waals surface area contributed by atoms with Gasteiger partial charge in [0.25, 0.3) is 0 Å². The standard InChI is InChI=1S/C17H26N4O/c1-18-17(20-13-11-14-6-3-2-4-7-14)19-12-5-8-16(22)21-15-9-10-15/h2-4,6-7,15H,5,8-13H2,1H3,(H,21,22)(H2,18,19,20). The summed E-state index contributed by atoms with van der Waals surface area (Å²) < 4.78 is 0. The van der Waals surface area contributed by atoms with Crippen LogP contribution in [-0.2, 0) is 11.2 Å². The molecule has 5 heteroatoms. The summed E-state index contributed by atoms with van der Waals surface area (Å²) in [5.41, 5.74) is 1.31. The molecule has 0 aliphatic heterocycles. The Kier molecular flexibility index (Phi) is 6.74. The van der Waals surface area contributed by atoms with Gasteiger partial charge in [-0.2, -0.15) is 0 Å². The van der Waals surface area contributed by atoms with Crippen molar-refractivity contribution in [2.45, 2.75) is 38.1 Å². The maximum atomic E-state index is 11.6. The Bertz CT molecular complexity index is 483. The van der Waals surface area contributed by atoms with Crippen LogP contribution in [0.3, 0.4) is 0 Å². The number of amides is 1. The lowest BCUT2D eigenvalue weighted by Gasteiger charge is -2.11. The summed E-state index contributed by atoms with van der Waals surface area (Å²) >= 11 is 0.